The normalized spacial score (nSPS) is 15.5. The van der Waals surface area contributed by atoms with Gasteiger partial charge in [-0.25, -0.2) is 0 Å². The molecule has 0 aromatic carbocycles. The second kappa shape index (κ2) is 10.1. The van der Waals surface area contributed by atoms with Crippen LogP contribution in [0.3, 0.4) is 0 Å². The molecule has 0 atom stereocenters. The topological polar surface area (TPSA) is 45.6 Å². The van der Waals surface area contributed by atoms with Gasteiger partial charge in [-0.3, -0.25) is 4.99 Å². The molecule has 1 saturated carbocycles. The van der Waals surface area contributed by atoms with Crippen molar-refractivity contribution in [2.45, 2.75) is 38.6 Å². The third-order valence-corrected chi connectivity index (χ3v) is 2.35. The highest BCUT2D eigenvalue weighted by atomic mass is 127. The van der Waals surface area contributed by atoms with E-state index in [4.69, 9.17) is 4.74 Å². The summed E-state index contributed by atoms with van der Waals surface area (Å²) >= 11 is 0. The lowest BCUT2D eigenvalue weighted by atomic mass is 10.3. The highest BCUT2D eigenvalue weighted by Gasteiger charge is 2.21. The largest absolute Gasteiger partial charge is 0.382 e. The fourth-order valence-electron chi connectivity index (χ4n) is 1.30. The number of guanidine groups is 1. The number of nitrogens with zero attached hydrogens (tertiary/aromatic N) is 1. The van der Waals surface area contributed by atoms with Crippen LogP contribution in [0.1, 0.15) is 32.6 Å². The minimum Gasteiger partial charge on any atom is -0.382 e. The van der Waals surface area contributed by atoms with E-state index < -0.39 is 0 Å². The molecule has 0 spiro atoms. The van der Waals surface area contributed by atoms with E-state index in [1.165, 1.54) is 12.8 Å². The molecule has 0 heterocycles. The zero-order valence-corrected chi connectivity index (χ0v) is 12.6. The molecule has 0 amide bonds. The number of halogens is 1. The first-order valence-corrected chi connectivity index (χ1v) is 5.91. The molecule has 0 aromatic heterocycles. The van der Waals surface area contributed by atoms with Crippen LogP contribution in [0.25, 0.3) is 0 Å². The van der Waals surface area contributed by atoms with Crippen molar-refractivity contribution in [3.05, 3.63) is 0 Å². The van der Waals surface area contributed by atoms with Crippen molar-refractivity contribution in [1.82, 2.24) is 10.6 Å². The Morgan fingerprint density at radius 2 is 2.12 bits per heavy atom. The van der Waals surface area contributed by atoms with Crippen LogP contribution >= 0.6 is 24.0 Å². The lowest BCUT2D eigenvalue weighted by Gasteiger charge is -2.10. The van der Waals surface area contributed by atoms with Crippen LogP contribution in [0.15, 0.2) is 4.99 Å². The van der Waals surface area contributed by atoms with Crippen molar-refractivity contribution in [3.63, 3.8) is 0 Å². The third-order valence-electron chi connectivity index (χ3n) is 2.35. The summed E-state index contributed by atoms with van der Waals surface area (Å²) in [5.41, 5.74) is 0. The van der Waals surface area contributed by atoms with Crippen molar-refractivity contribution < 1.29 is 4.74 Å². The van der Waals surface area contributed by atoms with Gasteiger partial charge < -0.3 is 15.4 Å². The van der Waals surface area contributed by atoms with Gasteiger partial charge in [0.15, 0.2) is 5.96 Å². The highest BCUT2D eigenvalue weighted by molar-refractivity contribution is 14.0. The average Bonchev–Trinajstić information content (AvgIpc) is 3.05. The molecule has 0 radical (unpaired) electrons. The molecule has 1 rings (SSSR count). The van der Waals surface area contributed by atoms with E-state index in [2.05, 4.69) is 15.6 Å². The molecular weight excluding hydrogens is 317 g/mol. The molecule has 0 unspecified atom stereocenters. The molecule has 16 heavy (non-hydrogen) atoms. The molecule has 1 fully saturated rings. The van der Waals surface area contributed by atoms with E-state index in [-0.39, 0.29) is 24.0 Å². The van der Waals surface area contributed by atoms with Crippen LogP contribution in [-0.4, -0.2) is 38.8 Å². The number of rotatable bonds is 7. The zero-order chi connectivity index (χ0) is 10.9. The Morgan fingerprint density at radius 3 is 2.69 bits per heavy atom. The molecule has 4 nitrogen and oxygen atoms in total. The van der Waals surface area contributed by atoms with Gasteiger partial charge in [-0.2, -0.15) is 0 Å². The van der Waals surface area contributed by atoms with Gasteiger partial charge in [0.25, 0.3) is 0 Å². The maximum atomic E-state index is 5.27. The van der Waals surface area contributed by atoms with Crippen LogP contribution in [0, 0.1) is 0 Å². The number of nitrogens with one attached hydrogen (secondary N) is 2. The van der Waals surface area contributed by atoms with E-state index in [1.54, 1.807) is 0 Å². The van der Waals surface area contributed by atoms with Gasteiger partial charge in [0.2, 0.25) is 0 Å². The van der Waals surface area contributed by atoms with Crippen LogP contribution in [0.2, 0.25) is 0 Å². The van der Waals surface area contributed by atoms with Gasteiger partial charge in [0.1, 0.15) is 0 Å². The fourth-order valence-corrected chi connectivity index (χ4v) is 1.30. The number of hydrogen-bond donors (Lipinski definition) is 2. The van der Waals surface area contributed by atoms with Gasteiger partial charge in [0, 0.05) is 32.8 Å². The molecular formula is C11H24IN3O. The fraction of sp³-hybridized carbons (Fsp3) is 0.909. The Bertz CT molecular complexity index is 196. The second-order valence-corrected chi connectivity index (χ2v) is 3.82. The minimum atomic E-state index is 0. The number of ether oxygens (including phenoxy) is 1. The van der Waals surface area contributed by atoms with Crippen molar-refractivity contribution >= 4 is 29.9 Å². The van der Waals surface area contributed by atoms with Gasteiger partial charge in [0.05, 0.1) is 0 Å². The van der Waals surface area contributed by atoms with E-state index in [0.29, 0.717) is 6.04 Å². The smallest absolute Gasteiger partial charge is 0.191 e. The van der Waals surface area contributed by atoms with Gasteiger partial charge in [-0.05, 0) is 32.6 Å². The molecule has 0 saturated heterocycles. The second-order valence-electron chi connectivity index (χ2n) is 3.82. The zero-order valence-electron chi connectivity index (χ0n) is 10.3. The average molecular weight is 341 g/mol. The summed E-state index contributed by atoms with van der Waals surface area (Å²) < 4.78 is 5.27. The molecule has 5 heteroatoms. The standard InChI is InChI=1S/C11H23N3O.HI/c1-3-15-9-5-4-8-13-11(12-2)14-10-6-7-10;/h10H,3-9H2,1-2H3,(H2,12,13,14);1H. The van der Waals surface area contributed by atoms with Crippen LogP contribution in [0.5, 0.6) is 0 Å². The minimum absolute atomic E-state index is 0. The summed E-state index contributed by atoms with van der Waals surface area (Å²) in [7, 11) is 1.82. The number of hydrogen-bond acceptors (Lipinski definition) is 2. The van der Waals surface area contributed by atoms with Crippen LogP contribution in [-0.2, 0) is 4.74 Å². The SMILES string of the molecule is CCOCCCCNC(=NC)NC1CC1.I. The highest BCUT2D eigenvalue weighted by Crippen LogP contribution is 2.18. The molecule has 2 N–H and O–H groups in total. The predicted octanol–water partition coefficient (Wildman–Crippen LogP) is 1.75. The van der Waals surface area contributed by atoms with Crippen LogP contribution in [0.4, 0.5) is 0 Å². The Balaban J connectivity index is 0.00000225. The van der Waals surface area contributed by atoms with E-state index in [9.17, 15) is 0 Å². The van der Waals surface area contributed by atoms with Crippen molar-refractivity contribution in [3.8, 4) is 0 Å². The first-order valence-electron chi connectivity index (χ1n) is 5.91. The summed E-state index contributed by atoms with van der Waals surface area (Å²) in [6, 6.07) is 0.666. The Labute approximate surface area is 116 Å². The maximum absolute atomic E-state index is 5.27. The Hall–Kier alpha value is -0.0400. The van der Waals surface area contributed by atoms with Gasteiger partial charge in [-0.15, -0.1) is 24.0 Å². The van der Waals surface area contributed by atoms with Gasteiger partial charge in [-0.1, -0.05) is 0 Å². The number of unbranched alkanes of at least 4 members (excludes halogenated alkanes) is 1. The molecule has 96 valence electrons. The molecule has 1 aliphatic rings. The first-order chi connectivity index (χ1) is 7.36. The van der Waals surface area contributed by atoms with Crippen molar-refractivity contribution in [2.24, 2.45) is 4.99 Å². The summed E-state index contributed by atoms with van der Waals surface area (Å²) in [6.45, 7) is 4.68. The lowest BCUT2D eigenvalue weighted by molar-refractivity contribution is 0.143. The number of aliphatic imine (C=N–C) groups is 1. The lowest BCUT2D eigenvalue weighted by Crippen LogP contribution is -2.38. The molecule has 0 aliphatic heterocycles. The molecule has 0 aromatic rings. The van der Waals surface area contributed by atoms with E-state index in [1.807, 2.05) is 14.0 Å². The Morgan fingerprint density at radius 1 is 1.38 bits per heavy atom. The van der Waals surface area contributed by atoms with E-state index >= 15 is 0 Å². The summed E-state index contributed by atoms with van der Waals surface area (Å²) in [5, 5.41) is 6.65. The summed E-state index contributed by atoms with van der Waals surface area (Å²) in [4.78, 5) is 4.17. The summed E-state index contributed by atoms with van der Waals surface area (Å²) in [5.74, 6) is 0.939. The van der Waals surface area contributed by atoms with Crippen molar-refractivity contribution in [2.75, 3.05) is 26.8 Å². The molecule has 1 aliphatic carbocycles. The monoisotopic (exact) mass is 341 g/mol. The van der Waals surface area contributed by atoms with Gasteiger partial charge >= 0.3 is 0 Å². The Kier molecular flexibility index (Phi) is 10.1. The van der Waals surface area contributed by atoms with E-state index in [0.717, 1.165) is 38.6 Å². The van der Waals surface area contributed by atoms with Crippen LogP contribution < -0.4 is 10.6 Å². The molecule has 0 bridgehead atoms. The summed E-state index contributed by atoms with van der Waals surface area (Å²) in [6.07, 6.45) is 4.81. The predicted molar refractivity (Wildman–Crippen MR) is 78.7 cm³/mol. The third kappa shape index (κ3) is 8.15. The first kappa shape index (κ1) is 16.0. The quantitative estimate of drug-likeness (QED) is 0.321. The maximum Gasteiger partial charge on any atom is 0.191 e. The van der Waals surface area contributed by atoms with Crippen molar-refractivity contribution in [1.29, 1.82) is 0 Å².